The average Bonchev–Trinajstić information content (AvgIpc) is 2.84. The summed E-state index contributed by atoms with van der Waals surface area (Å²) in [5.41, 5.74) is 1.09. The Morgan fingerprint density at radius 3 is 2.35 bits per heavy atom. The highest BCUT2D eigenvalue weighted by molar-refractivity contribution is 5.82. The SMILES string of the molecule is COc1cc([C@@H]2C(=O)O[C@H](c3ccc(O)cc3)[C@H]2O)ccc1O. The molecule has 6 heteroatoms. The van der Waals surface area contributed by atoms with Crippen LogP contribution in [-0.4, -0.2) is 34.5 Å². The van der Waals surface area contributed by atoms with Crippen molar-refractivity contribution in [1.29, 1.82) is 0 Å². The predicted octanol–water partition coefficient (Wildman–Crippen LogP) is 1.85. The van der Waals surface area contributed by atoms with Gasteiger partial charge < -0.3 is 24.8 Å². The first kappa shape index (κ1) is 15.2. The lowest BCUT2D eigenvalue weighted by Gasteiger charge is -2.16. The molecule has 0 unspecified atom stereocenters. The molecule has 3 atom stereocenters. The largest absolute Gasteiger partial charge is 0.508 e. The zero-order valence-electron chi connectivity index (χ0n) is 12.3. The first-order chi connectivity index (χ1) is 11.0. The van der Waals surface area contributed by atoms with E-state index < -0.39 is 24.1 Å². The van der Waals surface area contributed by atoms with E-state index in [1.807, 2.05) is 0 Å². The zero-order chi connectivity index (χ0) is 16.6. The summed E-state index contributed by atoms with van der Waals surface area (Å²) in [5.74, 6) is -1.17. The molecule has 1 fully saturated rings. The molecule has 0 bridgehead atoms. The number of phenols is 2. The average molecular weight is 316 g/mol. The van der Waals surface area contributed by atoms with Crippen LogP contribution in [-0.2, 0) is 9.53 Å². The van der Waals surface area contributed by atoms with Crippen LogP contribution < -0.4 is 4.74 Å². The number of aromatic hydroxyl groups is 2. The third kappa shape index (κ3) is 2.68. The molecule has 0 aliphatic carbocycles. The van der Waals surface area contributed by atoms with Crippen molar-refractivity contribution >= 4 is 5.97 Å². The fourth-order valence-corrected chi connectivity index (χ4v) is 2.73. The summed E-state index contributed by atoms with van der Waals surface area (Å²) in [6.45, 7) is 0. The van der Waals surface area contributed by atoms with E-state index in [9.17, 15) is 20.1 Å². The second-order valence-electron chi connectivity index (χ2n) is 5.35. The molecule has 3 N–H and O–H groups in total. The molecule has 0 aromatic heterocycles. The molecule has 0 spiro atoms. The Balaban J connectivity index is 1.92. The number of aliphatic hydroxyl groups is 1. The van der Waals surface area contributed by atoms with Crippen LogP contribution in [0.2, 0.25) is 0 Å². The molecule has 2 aromatic carbocycles. The van der Waals surface area contributed by atoms with Crippen molar-refractivity contribution in [3.8, 4) is 17.2 Å². The van der Waals surface area contributed by atoms with Crippen molar-refractivity contribution in [3.05, 3.63) is 53.6 Å². The molecule has 0 amide bonds. The quantitative estimate of drug-likeness (QED) is 0.748. The number of carbonyl (C=O) groups is 1. The van der Waals surface area contributed by atoms with E-state index in [1.54, 1.807) is 18.2 Å². The van der Waals surface area contributed by atoms with Gasteiger partial charge in [0.2, 0.25) is 0 Å². The number of hydrogen-bond donors (Lipinski definition) is 3. The first-order valence-corrected chi connectivity index (χ1v) is 7.05. The Hall–Kier alpha value is -2.73. The van der Waals surface area contributed by atoms with Crippen LogP contribution in [0.5, 0.6) is 17.2 Å². The third-order valence-electron chi connectivity index (χ3n) is 3.93. The lowest BCUT2D eigenvalue weighted by Crippen LogP contribution is -2.20. The van der Waals surface area contributed by atoms with E-state index in [0.29, 0.717) is 11.1 Å². The number of ether oxygens (including phenoxy) is 2. The second kappa shape index (κ2) is 5.81. The number of cyclic esters (lactones) is 1. The molecule has 1 aliphatic heterocycles. The molecule has 6 nitrogen and oxygen atoms in total. The lowest BCUT2D eigenvalue weighted by atomic mass is 9.90. The van der Waals surface area contributed by atoms with E-state index in [2.05, 4.69) is 0 Å². The van der Waals surface area contributed by atoms with E-state index in [1.165, 1.54) is 31.4 Å². The van der Waals surface area contributed by atoms with E-state index in [-0.39, 0.29) is 17.2 Å². The van der Waals surface area contributed by atoms with E-state index in [0.717, 1.165) is 0 Å². The third-order valence-corrected chi connectivity index (χ3v) is 3.93. The van der Waals surface area contributed by atoms with Crippen LogP contribution in [0.4, 0.5) is 0 Å². The summed E-state index contributed by atoms with van der Waals surface area (Å²) in [5, 5.41) is 29.5. The summed E-state index contributed by atoms with van der Waals surface area (Å²) in [6, 6.07) is 10.6. The number of carbonyl (C=O) groups excluding carboxylic acids is 1. The molecular weight excluding hydrogens is 300 g/mol. The Kier molecular flexibility index (Phi) is 3.83. The maximum atomic E-state index is 12.2. The maximum Gasteiger partial charge on any atom is 0.316 e. The van der Waals surface area contributed by atoms with Crippen LogP contribution in [0.25, 0.3) is 0 Å². The minimum atomic E-state index is -1.08. The zero-order valence-corrected chi connectivity index (χ0v) is 12.3. The van der Waals surface area contributed by atoms with E-state index in [4.69, 9.17) is 9.47 Å². The minimum absolute atomic E-state index is 0.0489. The Labute approximate surface area is 132 Å². The van der Waals surface area contributed by atoms with Crippen LogP contribution in [0.3, 0.4) is 0 Å². The molecule has 0 radical (unpaired) electrons. The van der Waals surface area contributed by atoms with Gasteiger partial charge in [-0.05, 0) is 35.4 Å². The molecule has 1 aliphatic rings. The van der Waals surface area contributed by atoms with Crippen LogP contribution in [0.1, 0.15) is 23.1 Å². The van der Waals surface area contributed by atoms with Gasteiger partial charge in [-0.2, -0.15) is 0 Å². The van der Waals surface area contributed by atoms with Crippen molar-refractivity contribution in [1.82, 2.24) is 0 Å². The van der Waals surface area contributed by atoms with Gasteiger partial charge >= 0.3 is 5.97 Å². The number of esters is 1. The Bertz CT molecular complexity index is 724. The van der Waals surface area contributed by atoms with Gasteiger partial charge in [-0.3, -0.25) is 4.79 Å². The maximum absolute atomic E-state index is 12.2. The number of phenolic OH excluding ortho intramolecular Hbond substituents is 2. The summed E-state index contributed by atoms with van der Waals surface area (Å²) in [7, 11) is 1.40. The second-order valence-corrected chi connectivity index (χ2v) is 5.35. The number of hydrogen-bond acceptors (Lipinski definition) is 6. The number of methoxy groups -OCH3 is 1. The smallest absolute Gasteiger partial charge is 0.316 e. The summed E-state index contributed by atoms with van der Waals surface area (Å²) in [4.78, 5) is 12.2. The van der Waals surface area contributed by atoms with Gasteiger partial charge in [0.1, 0.15) is 17.8 Å². The number of rotatable bonds is 3. The summed E-state index contributed by atoms with van der Waals surface area (Å²) < 4.78 is 10.3. The first-order valence-electron chi connectivity index (χ1n) is 7.05. The predicted molar refractivity (Wildman–Crippen MR) is 80.3 cm³/mol. The van der Waals surface area contributed by atoms with Gasteiger partial charge in [0.15, 0.2) is 17.6 Å². The topological polar surface area (TPSA) is 96.2 Å². The molecule has 1 saturated heterocycles. The van der Waals surface area contributed by atoms with Gasteiger partial charge in [-0.25, -0.2) is 0 Å². The van der Waals surface area contributed by atoms with Crippen molar-refractivity contribution in [2.24, 2.45) is 0 Å². The number of benzene rings is 2. The van der Waals surface area contributed by atoms with Crippen LogP contribution in [0.15, 0.2) is 42.5 Å². The van der Waals surface area contributed by atoms with Gasteiger partial charge in [0, 0.05) is 0 Å². The van der Waals surface area contributed by atoms with Gasteiger partial charge in [-0.15, -0.1) is 0 Å². The molecule has 0 saturated carbocycles. The number of aliphatic hydroxyl groups excluding tert-OH is 1. The Morgan fingerprint density at radius 2 is 1.70 bits per heavy atom. The van der Waals surface area contributed by atoms with Crippen molar-refractivity contribution in [2.45, 2.75) is 18.1 Å². The summed E-state index contributed by atoms with van der Waals surface area (Å²) in [6.07, 6.45) is -1.89. The molecule has 120 valence electrons. The molecule has 1 heterocycles. The fraction of sp³-hybridized carbons (Fsp3) is 0.235. The fourth-order valence-electron chi connectivity index (χ4n) is 2.73. The molecule has 3 rings (SSSR count). The Morgan fingerprint density at radius 1 is 1.04 bits per heavy atom. The van der Waals surface area contributed by atoms with Gasteiger partial charge in [0.05, 0.1) is 7.11 Å². The molecule has 2 aromatic rings. The molecule has 23 heavy (non-hydrogen) atoms. The van der Waals surface area contributed by atoms with Crippen molar-refractivity contribution < 1.29 is 29.6 Å². The monoisotopic (exact) mass is 316 g/mol. The molecular formula is C17H16O6. The van der Waals surface area contributed by atoms with Crippen molar-refractivity contribution in [3.63, 3.8) is 0 Å². The lowest BCUT2D eigenvalue weighted by molar-refractivity contribution is -0.143. The van der Waals surface area contributed by atoms with Crippen LogP contribution >= 0.6 is 0 Å². The van der Waals surface area contributed by atoms with Crippen LogP contribution in [0, 0.1) is 0 Å². The normalized spacial score (nSPS) is 23.6. The summed E-state index contributed by atoms with van der Waals surface area (Å²) >= 11 is 0. The minimum Gasteiger partial charge on any atom is -0.508 e. The van der Waals surface area contributed by atoms with E-state index >= 15 is 0 Å². The van der Waals surface area contributed by atoms with Crippen molar-refractivity contribution in [2.75, 3.05) is 7.11 Å². The highest BCUT2D eigenvalue weighted by Crippen LogP contribution is 2.41. The standard InChI is InChI=1S/C17H16O6/c1-22-13-8-10(4-7-12(13)19)14-15(20)16(23-17(14)21)9-2-5-11(18)6-3-9/h2-8,14-16,18-20H,1H3/t14-,15-,16+/m0/s1. The highest BCUT2D eigenvalue weighted by Gasteiger charge is 2.45. The van der Waals surface area contributed by atoms with Gasteiger partial charge in [0.25, 0.3) is 0 Å². The highest BCUT2D eigenvalue weighted by atomic mass is 16.6. The van der Waals surface area contributed by atoms with Gasteiger partial charge in [-0.1, -0.05) is 18.2 Å².